The quantitative estimate of drug-likeness (QED) is 0.797. The zero-order valence-corrected chi connectivity index (χ0v) is 14.4. The molecule has 3 nitrogen and oxygen atoms in total. The van der Waals surface area contributed by atoms with Gasteiger partial charge in [-0.1, -0.05) is 31.2 Å². The number of Topliss-reactive ketones (excluding diaryl/α,β-unsaturated/α-hetero) is 1. The highest BCUT2D eigenvalue weighted by Crippen LogP contribution is 2.33. The summed E-state index contributed by atoms with van der Waals surface area (Å²) >= 11 is 0. The highest BCUT2D eigenvalue weighted by Gasteiger charge is 2.30. The average Bonchev–Trinajstić information content (AvgIpc) is 2.85. The second-order valence-corrected chi connectivity index (χ2v) is 6.55. The lowest BCUT2D eigenvalue weighted by molar-refractivity contribution is 0.0508. The third kappa shape index (κ3) is 2.99. The van der Waals surface area contributed by atoms with Gasteiger partial charge < -0.3 is 4.74 Å². The second kappa shape index (κ2) is 6.60. The van der Waals surface area contributed by atoms with Crippen LogP contribution in [0.3, 0.4) is 0 Å². The third-order valence-corrected chi connectivity index (χ3v) is 4.83. The molecule has 0 N–H and O–H groups in total. The van der Waals surface area contributed by atoms with E-state index in [-0.39, 0.29) is 17.7 Å². The minimum absolute atomic E-state index is 0.0734. The van der Waals surface area contributed by atoms with Gasteiger partial charge in [-0.25, -0.2) is 4.79 Å². The fraction of sp³-hybridized carbons (Fsp3) is 0.333. The Kier molecular flexibility index (Phi) is 4.52. The van der Waals surface area contributed by atoms with E-state index in [2.05, 4.69) is 13.0 Å². The van der Waals surface area contributed by atoms with Gasteiger partial charge in [-0.15, -0.1) is 0 Å². The lowest BCUT2D eigenvalue weighted by Gasteiger charge is -2.14. The first-order valence-corrected chi connectivity index (χ1v) is 8.37. The van der Waals surface area contributed by atoms with Crippen molar-refractivity contribution in [1.29, 1.82) is 0 Å². The molecule has 0 spiro atoms. The topological polar surface area (TPSA) is 43.4 Å². The van der Waals surface area contributed by atoms with E-state index in [0.717, 1.165) is 28.7 Å². The normalized spacial score (nSPS) is 16.1. The molecule has 2 aromatic rings. The molecular weight excluding hydrogens is 300 g/mol. The number of carbonyl (C=O) groups excluding carboxylic acids is 2. The van der Waals surface area contributed by atoms with E-state index in [0.29, 0.717) is 18.6 Å². The molecule has 1 atom stereocenters. The van der Waals surface area contributed by atoms with E-state index in [4.69, 9.17) is 4.74 Å². The summed E-state index contributed by atoms with van der Waals surface area (Å²) in [5, 5.41) is 0. The lowest BCUT2D eigenvalue weighted by atomic mass is 9.92. The Morgan fingerprint density at radius 2 is 1.92 bits per heavy atom. The molecule has 1 unspecified atom stereocenters. The molecule has 0 saturated carbocycles. The molecule has 2 aromatic carbocycles. The second-order valence-electron chi connectivity index (χ2n) is 6.55. The summed E-state index contributed by atoms with van der Waals surface area (Å²) in [6.07, 6.45) is 1.46. The van der Waals surface area contributed by atoms with Crippen LogP contribution >= 0.6 is 0 Å². The molecule has 0 saturated heterocycles. The predicted molar refractivity (Wildman–Crippen MR) is 93.5 cm³/mol. The zero-order chi connectivity index (χ0) is 17.3. The first-order chi connectivity index (χ1) is 11.5. The number of fused-ring (bicyclic) bond motifs is 1. The molecule has 3 heteroatoms. The number of aryl methyl sites for hydroxylation is 1. The van der Waals surface area contributed by atoms with Gasteiger partial charge in [0.2, 0.25) is 0 Å². The molecule has 24 heavy (non-hydrogen) atoms. The monoisotopic (exact) mass is 322 g/mol. The minimum Gasteiger partial charge on any atom is -0.462 e. The first-order valence-electron chi connectivity index (χ1n) is 8.37. The summed E-state index contributed by atoms with van der Waals surface area (Å²) in [6, 6.07) is 11.1. The average molecular weight is 322 g/mol. The maximum Gasteiger partial charge on any atom is 0.338 e. The smallest absolute Gasteiger partial charge is 0.338 e. The van der Waals surface area contributed by atoms with Gasteiger partial charge in [0, 0.05) is 17.9 Å². The molecule has 0 amide bonds. The van der Waals surface area contributed by atoms with Gasteiger partial charge in [0.25, 0.3) is 0 Å². The summed E-state index contributed by atoms with van der Waals surface area (Å²) in [7, 11) is 0. The van der Waals surface area contributed by atoms with E-state index < -0.39 is 0 Å². The predicted octanol–water partition coefficient (Wildman–Crippen LogP) is 4.08. The van der Waals surface area contributed by atoms with Crippen molar-refractivity contribution in [2.45, 2.75) is 33.6 Å². The van der Waals surface area contributed by atoms with Gasteiger partial charge in [0.15, 0.2) is 5.78 Å². The number of hydrogen-bond donors (Lipinski definition) is 0. The summed E-state index contributed by atoms with van der Waals surface area (Å²) in [6.45, 7) is 6.38. The van der Waals surface area contributed by atoms with Crippen molar-refractivity contribution in [2.24, 2.45) is 5.92 Å². The number of carbonyl (C=O) groups is 2. The fourth-order valence-corrected chi connectivity index (χ4v) is 3.57. The van der Waals surface area contributed by atoms with Gasteiger partial charge in [-0.3, -0.25) is 4.79 Å². The summed E-state index contributed by atoms with van der Waals surface area (Å²) in [4.78, 5) is 24.4. The van der Waals surface area contributed by atoms with E-state index in [9.17, 15) is 9.59 Å². The molecule has 0 radical (unpaired) electrons. The molecule has 1 aliphatic carbocycles. The van der Waals surface area contributed by atoms with E-state index in [1.165, 1.54) is 5.56 Å². The molecule has 0 heterocycles. The van der Waals surface area contributed by atoms with Crippen LogP contribution in [0, 0.1) is 19.8 Å². The lowest BCUT2D eigenvalue weighted by Crippen LogP contribution is -2.11. The van der Waals surface area contributed by atoms with Crippen LogP contribution in [0.5, 0.6) is 0 Å². The van der Waals surface area contributed by atoms with Gasteiger partial charge in [0.1, 0.15) is 0 Å². The van der Waals surface area contributed by atoms with Gasteiger partial charge in [0.05, 0.1) is 12.2 Å². The number of rotatable bonds is 4. The highest BCUT2D eigenvalue weighted by molar-refractivity contribution is 6.03. The van der Waals surface area contributed by atoms with E-state index in [1.807, 2.05) is 32.0 Å². The molecule has 1 aliphatic rings. The van der Waals surface area contributed by atoms with Gasteiger partial charge in [-0.2, -0.15) is 0 Å². The Morgan fingerprint density at radius 3 is 2.62 bits per heavy atom. The van der Waals surface area contributed by atoms with E-state index in [1.54, 1.807) is 12.1 Å². The number of hydrogen-bond acceptors (Lipinski definition) is 3. The van der Waals surface area contributed by atoms with Crippen LogP contribution in [0.25, 0.3) is 0 Å². The first kappa shape index (κ1) is 16.4. The van der Waals surface area contributed by atoms with Crippen molar-refractivity contribution < 1.29 is 14.3 Å². The van der Waals surface area contributed by atoms with Crippen LogP contribution in [0.4, 0.5) is 0 Å². The van der Waals surface area contributed by atoms with Crippen molar-refractivity contribution in [3.8, 4) is 0 Å². The number of esters is 1. The number of ether oxygens (including phenoxy) is 1. The minimum atomic E-state index is -0.309. The Bertz CT molecular complexity index is 790. The van der Waals surface area contributed by atoms with Crippen molar-refractivity contribution in [3.63, 3.8) is 0 Å². The summed E-state index contributed by atoms with van der Waals surface area (Å²) in [5.41, 5.74) is 5.95. The largest absolute Gasteiger partial charge is 0.462 e. The van der Waals surface area contributed by atoms with E-state index >= 15 is 0 Å². The maximum atomic E-state index is 12.4. The van der Waals surface area contributed by atoms with Crippen LogP contribution in [-0.2, 0) is 17.6 Å². The van der Waals surface area contributed by atoms with Crippen molar-refractivity contribution in [2.75, 3.05) is 6.61 Å². The number of ketones is 1. The molecule has 3 rings (SSSR count). The Balaban J connectivity index is 1.73. The Labute approximate surface area is 142 Å². The van der Waals surface area contributed by atoms with Crippen molar-refractivity contribution in [3.05, 3.63) is 69.8 Å². The van der Waals surface area contributed by atoms with Crippen LogP contribution in [-0.4, -0.2) is 18.4 Å². The van der Waals surface area contributed by atoms with Crippen molar-refractivity contribution >= 4 is 11.8 Å². The van der Waals surface area contributed by atoms with Crippen molar-refractivity contribution in [1.82, 2.24) is 0 Å². The van der Waals surface area contributed by atoms with Crippen LogP contribution in [0.1, 0.15) is 49.9 Å². The summed E-state index contributed by atoms with van der Waals surface area (Å²) < 4.78 is 5.39. The SMILES string of the molecule is Cc1cc2c(c(C)c1CCOC(=O)c1ccccc1)C(=O)C(C)C2. The van der Waals surface area contributed by atoms with Gasteiger partial charge in [-0.05, 0) is 54.7 Å². The molecule has 0 bridgehead atoms. The maximum absolute atomic E-state index is 12.4. The molecular formula is C21H22O3. The van der Waals surface area contributed by atoms with Gasteiger partial charge >= 0.3 is 5.97 Å². The Hall–Kier alpha value is -2.42. The molecule has 124 valence electrons. The standard InChI is InChI=1S/C21H22O3/c1-13-11-17-12-14(2)20(22)19(17)15(3)18(13)9-10-24-21(23)16-7-5-4-6-8-16/h4-8,11,14H,9-10,12H2,1-3H3. The zero-order valence-electron chi connectivity index (χ0n) is 14.4. The summed E-state index contributed by atoms with van der Waals surface area (Å²) in [5.74, 6) is 0.00561. The molecule has 0 aliphatic heterocycles. The number of benzene rings is 2. The Morgan fingerprint density at radius 1 is 1.21 bits per heavy atom. The third-order valence-electron chi connectivity index (χ3n) is 4.83. The van der Waals surface area contributed by atoms with Crippen LogP contribution in [0.2, 0.25) is 0 Å². The van der Waals surface area contributed by atoms with Crippen LogP contribution < -0.4 is 0 Å². The fourth-order valence-electron chi connectivity index (χ4n) is 3.57. The molecule has 0 fully saturated rings. The highest BCUT2D eigenvalue weighted by atomic mass is 16.5. The van der Waals surface area contributed by atoms with Crippen LogP contribution in [0.15, 0.2) is 36.4 Å². The molecule has 0 aromatic heterocycles.